The first-order chi connectivity index (χ1) is 22.7. The number of fused-ring (bicyclic) bond motifs is 1. The minimum atomic E-state index is -0.735. The van der Waals surface area contributed by atoms with Gasteiger partial charge in [-0.2, -0.15) is 5.10 Å². The van der Waals surface area contributed by atoms with Crippen molar-refractivity contribution < 1.29 is 9.53 Å². The second kappa shape index (κ2) is 13.4. The van der Waals surface area contributed by atoms with Crippen LogP contribution in [0.25, 0.3) is 27.8 Å². The summed E-state index contributed by atoms with van der Waals surface area (Å²) in [5, 5.41) is 7.45. The van der Waals surface area contributed by atoms with Crippen molar-refractivity contribution in [2.45, 2.75) is 24.0 Å². The van der Waals surface area contributed by atoms with Gasteiger partial charge in [0.2, 0.25) is 0 Å². The molecule has 3 aromatic carbocycles. The van der Waals surface area contributed by atoms with Crippen molar-refractivity contribution in [2.24, 2.45) is 7.05 Å². The van der Waals surface area contributed by atoms with E-state index < -0.39 is 11.9 Å². The minimum Gasteiger partial charge on any atom is -0.480 e. The van der Waals surface area contributed by atoms with Gasteiger partial charge in [-0.1, -0.05) is 36.1 Å². The molecule has 0 aliphatic carbocycles. The number of carbonyl (C=O) groups is 1. The summed E-state index contributed by atoms with van der Waals surface area (Å²) >= 11 is 2.18. The Balaban J connectivity index is 1.37. The normalized spacial score (nSPS) is 12.2. The molecule has 0 fully saturated rings. The van der Waals surface area contributed by atoms with Crippen molar-refractivity contribution in [1.82, 2.24) is 34.6 Å². The molecule has 3 aromatic heterocycles. The summed E-state index contributed by atoms with van der Waals surface area (Å²) in [5.74, 6) is 6.63. The van der Waals surface area contributed by atoms with E-state index in [9.17, 15) is 9.59 Å². The number of hydrogen-bond acceptors (Lipinski definition) is 8. The first-order valence-corrected chi connectivity index (χ1v) is 15.9. The molecular formula is C35H29IN8O3. The average molecular weight is 737 g/mol. The second-order valence-corrected chi connectivity index (χ2v) is 12.4. The van der Waals surface area contributed by atoms with E-state index >= 15 is 0 Å². The first kappa shape index (κ1) is 31.4. The molecule has 11 nitrogen and oxygen atoms in total. The Morgan fingerprint density at radius 2 is 1.74 bits per heavy atom. The molecule has 1 amide bonds. The molecule has 0 saturated carbocycles. The maximum absolute atomic E-state index is 14.3. The van der Waals surface area contributed by atoms with Gasteiger partial charge in [0.05, 0.1) is 46.3 Å². The van der Waals surface area contributed by atoms with E-state index in [1.807, 2.05) is 56.4 Å². The van der Waals surface area contributed by atoms with Crippen molar-refractivity contribution in [3.05, 3.63) is 124 Å². The van der Waals surface area contributed by atoms with E-state index in [1.54, 1.807) is 54.3 Å². The van der Waals surface area contributed by atoms with Gasteiger partial charge in [0.25, 0.3) is 11.5 Å². The highest BCUT2D eigenvalue weighted by molar-refractivity contribution is 14.1. The lowest BCUT2D eigenvalue weighted by molar-refractivity contribution is 0.0933. The van der Waals surface area contributed by atoms with Crippen molar-refractivity contribution in [3.63, 3.8) is 0 Å². The molecule has 6 rings (SSSR count). The summed E-state index contributed by atoms with van der Waals surface area (Å²) in [7, 11) is 1.81. The molecule has 2 unspecified atom stereocenters. The predicted molar refractivity (Wildman–Crippen MR) is 188 cm³/mol. The second-order valence-electron chi connectivity index (χ2n) is 10.7. The smallest absolute Gasteiger partial charge is 0.274 e. The topological polar surface area (TPSA) is 143 Å². The van der Waals surface area contributed by atoms with Crippen LogP contribution in [-0.4, -0.2) is 39.3 Å². The van der Waals surface area contributed by atoms with Gasteiger partial charge in [-0.15, -0.1) is 0 Å². The van der Waals surface area contributed by atoms with Crippen molar-refractivity contribution in [1.29, 1.82) is 0 Å². The number of para-hydroxylation sites is 1. The molecule has 0 spiro atoms. The van der Waals surface area contributed by atoms with Crippen molar-refractivity contribution >= 4 is 45.2 Å². The van der Waals surface area contributed by atoms with Crippen LogP contribution in [0.15, 0.2) is 96.2 Å². The number of alkyl halides is 1. The van der Waals surface area contributed by atoms with Gasteiger partial charge in [0.1, 0.15) is 15.7 Å². The molecule has 12 heteroatoms. The Labute approximate surface area is 284 Å². The number of aromatic nitrogens is 6. The van der Waals surface area contributed by atoms with E-state index in [-0.39, 0.29) is 21.2 Å². The highest BCUT2D eigenvalue weighted by atomic mass is 127. The van der Waals surface area contributed by atoms with Crippen LogP contribution in [0.2, 0.25) is 0 Å². The molecule has 3 N–H and O–H groups in total. The highest BCUT2D eigenvalue weighted by Crippen LogP contribution is 2.24. The maximum atomic E-state index is 14.3. The number of rotatable bonds is 7. The molecule has 0 aliphatic rings. The summed E-state index contributed by atoms with van der Waals surface area (Å²) in [6.45, 7) is 3.69. The number of hydrogen-bond donors (Lipinski definition) is 2. The SMILES string of the molecule is CC(I)Oc1ccc(-c2cnc(N)c(C(=O)NC(C)c3nc4cccc(C#Cc5cnn(C)c5)c4c(=O)n3-c3ccccc3)n2)cc1. The number of amides is 1. The lowest BCUT2D eigenvalue weighted by atomic mass is 10.1. The van der Waals surface area contributed by atoms with Gasteiger partial charge in [0.15, 0.2) is 11.5 Å². The summed E-state index contributed by atoms with van der Waals surface area (Å²) in [4.78, 5) is 41.5. The number of nitrogen functional groups attached to an aromatic ring is 1. The molecule has 234 valence electrons. The zero-order valence-electron chi connectivity index (χ0n) is 25.7. The van der Waals surface area contributed by atoms with Crippen LogP contribution in [0, 0.1) is 11.8 Å². The van der Waals surface area contributed by atoms with Crippen LogP contribution in [0.4, 0.5) is 5.82 Å². The third-order valence-corrected chi connectivity index (χ3v) is 7.44. The Hall–Kier alpha value is -5.55. The maximum Gasteiger partial charge on any atom is 0.274 e. The van der Waals surface area contributed by atoms with E-state index in [0.717, 1.165) is 11.1 Å². The fourth-order valence-corrected chi connectivity index (χ4v) is 5.31. The molecule has 0 bridgehead atoms. The van der Waals surface area contributed by atoms with Crippen molar-refractivity contribution in [3.8, 4) is 34.5 Å². The van der Waals surface area contributed by atoms with E-state index in [4.69, 9.17) is 15.5 Å². The van der Waals surface area contributed by atoms with Crippen molar-refractivity contribution in [2.75, 3.05) is 5.73 Å². The highest BCUT2D eigenvalue weighted by Gasteiger charge is 2.23. The number of ether oxygens (including phenoxy) is 1. The van der Waals surface area contributed by atoms with Gasteiger partial charge >= 0.3 is 0 Å². The average Bonchev–Trinajstić information content (AvgIpc) is 3.49. The van der Waals surface area contributed by atoms with E-state index in [0.29, 0.717) is 39.4 Å². The fourth-order valence-electron chi connectivity index (χ4n) is 5.02. The quantitative estimate of drug-likeness (QED) is 0.129. The van der Waals surface area contributed by atoms with Crippen LogP contribution in [-0.2, 0) is 7.05 Å². The number of aryl methyl sites for hydroxylation is 1. The Bertz CT molecular complexity index is 2220. The molecule has 3 heterocycles. The largest absolute Gasteiger partial charge is 0.480 e. The standard InChI is InChI=1S/C35H29IN8O3/c1-21(40-34(45)31-32(37)38-19-29(41-31)24-14-16-27(17-15-24)47-22(2)36)33-42-28-11-7-8-25(13-12-23-18-39-43(3)20-23)30(28)35(46)44(33)26-9-5-4-6-10-26/h4-11,14-22H,1-3H3,(H2,37,38)(H,40,45). The lowest BCUT2D eigenvalue weighted by Crippen LogP contribution is -2.34. The fraction of sp³-hybridized carbons (Fsp3) is 0.143. The lowest BCUT2D eigenvalue weighted by Gasteiger charge is -2.20. The molecule has 0 aliphatic heterocycles. The first-order valence-electron chi connectivity index (χ1n) is 14.6. The number of nitrogens with zero attached hydrogens (tertiary/aromatic N) is 6. The van der Waals surface area contributed by atoms with E-state index in [2.05, 4.69) is 54.8 Å². The molecule has 0 radical (unpaired) electrons. The van der Waals surface area contributed by atoms with Crippen LogP contribution in [0.1, 0.15) is 47.3 Å². The summed E-state index contributed by atoms with van der Waals surface area (Å²) in [5.41, 5.74) is 9.25. The number of halogens is 1. The summed E-state index contributed by atoms with van der Waals surface area (Å²) in [6.07, 6.45) is 4.97. The van der Waals surface area contributed by atoms with E-state index in [1.165, 1.54) is 10.8 Å². The Kier molecular flexibility index (Phi) is 8.99. The minimum absolute atomic E-state index is 0.00976. The molecular weight excluding hydrogens is 707 g/mol. The molecule has 47 heavy (non-hydrogen) atoms. The van der Waals surface area contributed by atoms with Gasteiger partial charge in [-0.3, -0.25) is 18.8 Å². The predicted octanol–water partition coefficient (Wildman–Crippen LogP) is 5.21. The molecule has 2 atom stereocenters. The third kappa shape index (κ3) is 6.85. The number of anilines is 1. The monoisotopic (exact) mass is 736 g/mol. The van der Waals surface area contributed by atoms with Gasteiger partial charge in [-0.25, -0.2) is 15.0 Å². The van der Waals surface area contributed by atoms with Crippen LogP contribution < -0.4 is 21.3 Å². The Morgan fingerprint density at radius 3 is 2.45 bits per heavy atom. The third-order valence-electron chi connectivity index (χ3n) is 7.18. The van der Waals surface area contributed by atoms with Gasteiger partial charge < -0.3 is 15.8 Å². The summed E-state index contributed by atoms with van der Waals surface area (Å²) in [6, 6.07) is 21.1. The van der Waals surface area contributed by atoms with Crippen LogP contribution in [0.5, 0.6) is 5.75 Å². The van der Waals surface area contributed by atoms with Crippen LogP contribution >= 0.6 is 22.6 Å². The zero-order chi connectivity index (χ0) is 33.1. The summed E-state index contributed by atoms with van der Waals surface area (Å²) < 4.78 is 8.88. The zero-order valence-corrected chi connectivity index (χ0v) is 27.8. The number of nitrogens with two attached hydrogens (primary N) is 1. The van der Waals surface area contributed by atoms with Crippen LogP contribution in [0.3, 0.4) is 0 Å². The Morgan fingerprint density at radius 1 is 0.979 bits per heavy atom. The number of carbonyl (C=O) groups excluding carboxylic acids is 1. The van der Waals surface area contributed by atoms with Gasteiger partial charge in [0, 0.05) is 24.4 Å². The molecule has 0 saturated heterocycles. The number of benzene rings is 3. The van der Waals surface area contributed by atoms with Gasteiger partial charge in [-0.05, 0) is 85.0 Å². The molecule has 6 aromatic rings. The number of nitrogens with one attached hydrogen (secondary N) is 1.